The number of hydrogen-bond acceptors (Lipinski definition) is 6. The Bertz CT molecular complexity index is 648. The van der Waals surface area contributed by atoms with E-state index in [0.29, 0.717) is 18.3 Å². The van der Waals surface area contributed by atoms with Gasteiger partial charge in [0.2, 0.25) is 5.89 Å². The van der Waals surface area contributed by atoms with Crippen molar-refractivity contribution in [1.29, 1.82) is 0 Å². The third kappa shape index (κ3) is 2.78. The van der Waals surface area contributed by atoms with Crippen LogP contribution >= 0.6 is 0 Å². The fourth-order valence-corrected chi connectivity index (χ4v) is 3.01. The second kappa shape index (κ2) is 6.18. The first kappa shape index (κ1) is 15.2. The maximum atomic E-state index is 5.96. The van der Waals surface area contributed by atoms with E-state index in [1.165, 1.54) is 5.56 Å². The number of rotatable bonds is 5. The summed E-state index contributed by atoms with van der Waals surface area (Å²) in [4.78, 5) is 4.33. The van der Waals surface area contributed by atoms with E-state index in [-0.39, 0.29) is 12.1 Å². The van der Waals surface area contributed by atoms with Crippen LogP contribution in [0.4, 0.5) is 0 Å². The number of hydrogen-bond donors (Lipinski definition) is 1. The van der Waals surface area contributed by atoms with Gasteiger partial charge in [0.15, 0.2) is 5.82 Å². The maximum Gasteiger partial charge on any atom is 0.226 e. The first-order chi connectivity index (χ1) is 10.6. The van der Waals surface area contributed by atoms with Gasteiger partial charge >= 0.3 is 0 Å². The molecule has 1 aliphatic heterocycles. The van der Waals surface area contributed by atoms with Gasteiger partial charge in [0, 0.05) is 37.4 Å². The summed E-state index contributed by atoms with van der Waals surface area (Å²) in [6.45, 7) is 7.46. The Hall–Kier alpha value is -1.73. The molecule has 1 N–H and O–H groups in total. The predicted molar refractivity (Wildman–Crippen MR) is 80.3 cm³/mol. The predicted octanol–water partition coefficient (Wildman–Crippen LogP) is 1.60. The molecule has 1 aliphatic rings. The van der Waals surface area contributed by atoms with Crippen LogP contribution in [-0.4, -0.2) is 32.6 Å². The largest absolute Gasteiger partial charge is 0.372 e. The molecule has 0 bridgehead atoms. The minimum absolute atomic E-state index is 0.0336. The van der Waals surface area contributed by atoms with Crippen LogP contribution in [0.15, 0.2) is 4.52 Å². The Labute approximate surface area is 130 Å². The molecule has 1 saturated heterocycles. The van der Waals surface area contributed by atoms with Gasteiger partial charge in [-0.05, 0) is 20.3 Å². The Kier molecular flexibility index (Phi) is 4.26. The number of nitrogens with one attached hydrogen (secondary N) is 1. The monoisotopic (exact) mass is 305 g/mol. The third-order valence-electron chi connectivity index (χ3n) is 4.28. The highest BCUT2D eigenvalue weighted by Crippen LogP contribution is 2.33. The summed E-state index contributed by atoms with van der Waals surface area (Å²) in [6.07, 6.45) is 1.76. The molecule has 22 heavy (non-hydrogen) atoms. The van der Waals surface area contributed by atoms with Crippen LogP contribution < -0.4 is 5.32 Å². The average molecular weight is 305 g/mol. The SMILES string of the molecule is CCc1nc(CN[C@H]2CCO[C@@H]2c2c(C)nn(C)c2C)no1. The van der Waals surface area contributed by atoms with E-state index in [0.717, 1.165) is 30.8 Å². The zero-order valence-corrected chi connectivity index (χ0v) is 13.6. The standard InChI is InChI=1S/C15H23N5O2/c1-5-13-17-12(19-22-13)8-16-11-6-7-21-15(11)14-9(2)18-20(4)10(14)3/h11,15-16H,5-8H2,1-4H3/t11-,15-/m0/s1. The van der Waals surface area contributed by atoms with Gasteiger partial charge in [0.1, 0.15) is 6.10 Å². The summed E-state index contributed by atoms with van der Waals surface area (Å²) in [5, 5.41) is 12.0. The van der Waals surface area contributed by atoms with Crippen molar-refractivity contribution in [3.63, 3.8) is 0 Å². The second-order valence-corrected chi connectivity index (χ2v) is 5.73. The van der Waals surface area contributed by atoms with Gasteiger partial charge in [-0.2, -0.15) is 10.1 Å². The zero-order valence-electron chi connectivity index (χ0n) is 13.6. The second-order valence-electron chi connectivity index (χ2n) is 5.73. The molecule has 0 radical (unpaired) electrons. The van der Waals surface area contributed by atoms with Crippen molar-refractivity contribution < 1.29 is 9.26 Å². The minimum atomic E-state index is 0.0336. The summed E-state index contributed by atoms with van der Waals surface area (Å²) in [6, 6.07) is 0.241. The van der Waals surface area contributed by atoms with Crippen LogP contribution in [0.2, 0.25) is 0 Å². The Morgan fingerprint density at radius 1 is 1.36 bits per heavy atom. The Morgan fingerprint density at radius 2 is 2.18 bits per heavy atom. The van der Waals surface area contributed by atoms with Crippen LogP contribution in [0.25, 0.3) is 0 Å². The molecule has 0 aromatic carbocycles. The van der Waals surface area contributed by atoms with Crippen molar-refractivity contribution in [3.8, 4) is 0 Å². The summed E-state index contributed by atoms with van der Waals surface area (Å²) in [5.74, 6) is 1.37. The van der Waals surface area contributed by atoms with Crippen LogP contribution in [0, 0.1) is 13.8 Å². The van der Waals surface area contributed by atoms with E-state index in [4.69, 9.17) is 9.26 Å². The molecule has 3 rings (SSSR count). The summed E-state index contributed by atoms with van der Waals surface area (Å²) in [7, 11) is 1.97. The lowest BCUT2D eigenvalue weighted by Gasteiger charge is -2.20. The fraction of sp³-hybridized carbons (Fsp3) is 0.667. The first-order valence-electron chi connectivity index (χ1n) is 7.76. The van der Waals surface area contributed by atoms with Crippen molar-refractivity contribution in [2.45, 2.75) is 52.3 Å². The highest BCUT2D eigenvalue weighted by atomic mass is 16.5. The molecular formula is C15H23N5O2. The molecule has 0 unspecified atom stereocenters. The number of nitrogens with zero attached hydrogens (tertiary/aromatic N) is 4. The van der Waals surface area contributed by atoms with E-state index in [9.17, 15) is 0 Å². The lowest BCUT2D eigenvalue weighted by Crippen LogP contribution is -2.32. The molecule has 1 fully saturated rings. The van der Waals surface area contributed by atoms with Gasteiger partial charge in [0.25, 0.3) is 0 Å². The third-order valence-corrected chi connectivity index (χ3v) is 4.28. The molecule has 2 aromatic rings. The lowest BCUT2D eigenvalue weighted by atomic mass is 10.0. The summed E-state index contributed by atoms with van der Waals surface area (Å²) in [5.41, 5.74) is 3.38. The number of aryl methyl sites for hydroxylation is 3. The molecular weight excluding hydrogens is 282 g/mol. The van der Waals surface area contributed by atoms with E-state index >= 15 is 0 Å². The van der Waals surface area contributed by atoms with Crippen LogP contribution in [0.1, 0.15) is 48.1 Å². The lowest BCUT2D eigenvalue weighted by molar-refractivity contribution is 0.0972. The maximum absolute atomic E-state index is 5.96. The highest BCUT2D eigenvalue weighted by molar-refractivity contribution is 5.29. The van der Waals surface area contributed by atoms with Gasteiger partial charge in [-0.1, -0.05) is 12.1 Å². The van der Waals surface area contributed by atoms with Gasteiger partial charge in [0.05, 0.1) is 12.2 Å². The quantitative estimate of drug-likeness (QED) is 0.904. The van der Waals surface area contributed by atoms with Gasteiger partial charge < -0.3 is 14.6 Å². The average Bonchev–Trinajstić information content (AvgIpc) is 3.18. The van der Waals surface area contributed by atoms with E-state index in [1.807, 2.05) is 25.6 Å². The molecule has 0 aliphatic carbocycles. The minimum Gasteiger partial charge on any atom is -0.372 e. The highest BCUT2D eigenvalue weighted by Gasteiger charge is 2.33. The normalized spacial score (nSPS) is 21.6. The van der Waals surface area contributed by atoms with Gasteiger partial charge in [-0.3, -0.25) is 4.68 Å². The molecule has 2 atom stereocenters. The molecule has 120 valence electrons. The molecule has 0 amide bonds. The smallest absolute Gasteiger partial charge is 0.226 e. The van der Waals surface area contributed by atoms with Gasteiger partial charge in [-0.25, -0.2) is 0 Å². The Morgan fingerprint density at radius 3 is 2.82 bits per heavy atom. The first-order valence-corrected chi connectivity index (χ1v) is 7.76. The van der Waals surface area contributed by atoms with Crippen molar-refractivity contribution in [1.82, 2.24) is 25.2 Å². The van der Waals surface area contributed by atoms with Crippen molar-refractivity contribution >= 4 is 0 Å². The topological polar surface area (TPSA) is 78.0 Å². The summed E-state index contributed by atoms with van der Waals surface area (Å²) < 4.78 is 13.0. The number of aromatic nitrogens is 4. The molecule has 0 spiro atoms. The molecule has 7 nitrogen and oxygen atoms in total. The van der Waals surface area contributed by atoms with Crippen molar-refractivity contribution in [3.05, 3.63) is 28.7 Å². The Balaban J connectivity index is 1.70. The molecule has 0 saturated carbocycles. The van der Waals surface area contributed by atoms with Crippen molar-refractivity contribution in [2.24, 2.45) is 7.05 Å². The zero-order chi connectivity index (χ0) is 15.7. The molecule has 2 aromatic heterocycles. The molecule has 3 heterocycles. The van der Waals surface area contributed by atoms with Crippen LogP contribution in [-0.2, 0) is 24.8 Å². The van der Waals surface area contributed by atoms with E-state index in [1.54, 1.807) is 0 Å². The molecule has 7 heteroatoms. The fourth-order valence-electron chi connectivity index (χ4n) is 3.01. The summed E-state index contributed by atoms with van der Waals surface area (Å²) >= 11 is 0. The van der Waals surface area contributed by atoms with Gasteiger partial charge in [-0.15, -0.1) is 0 Å². The van der Waals surface area contributed by atoms with Crippen LogP contribution in [0.3, 0.4) is 0 Å². The van der Waals surface area contributed by atoms with Crippen molar-refractivity contribution in [2.75, 3.05) is 6.61 Å². The van der Waals surface area contributed by atoms with E-state index < -0.39 is 0 Å². The number of ether oxygens (including phenoxy) is 1. The van der Waals surface area contributed by atoms with Crippen LogP contribution in [0.5, 0.6) is 0 Å². The van der Waals surface area contributed by atoms with E-state index in [2.05, 4.69) is 27.5 Å².